The molecule has 1 aromatic carbocycles. The molecule has 15 heavy (non-hydrogen) atoms. The molecule has 0 saturated carbocycles. The summed E-state index contributed by atoms with van der Waals surface area (Å²) in [7, 11) is 0. The van der Waals surface area contributed by atoms with Crippen molar-refractivity contribution in [3.05, 3.63) is 28.8 Å². The van der Waals surface area contributed by atoms with E-state index in [-0.39, 0.29) is 13.2 Å². The average molecular weight is 230 g/mol. The number of amides is 1. The summed E-state index contributed by atoms with van der Waals surface area (Å²) in [6, 6.07) is 5.45. The second-order valence-electron chi connectivity index (χ2n) is 2.95. The van der Waals surface area contributed by atoms with Crippen LogP contribution >= 0.6 is 11.6 Å². The number of carbonyl (C=O) groups is 1. The highest BCUT2D eigenvalue weighted by atomic mass is 35.5. The largest absolute Gasteiger partial charge is 0.488 e. The molecule has 82 valence electrons. The van der Waals surface area contributed by atoms with Gasteiger partial charge in [0.1, 0.15) is 19.0 Å². The summed E-state index contributed by atoms with van der Waals surface area (Å²) in [6.45, 7) is 2.27. The molecule has 0 radical (unpaired) electrons. The van der Waals surface area contributed by atoms with Gasteiger partial charge in [-0.2, -0.15) is 0 Å². The minimum atomic E-state index is -0.811. The third-order valence-electron chi connectivity index (χ3n) is 1.67. The van der Waals surface area contributed by atoms with Crippen LogP contribution < -0.4 is 10.5 Å². The van der Waals surface area contributed by atoms with Crippen LogP contribution in [-0.2, 0) is 4.74 Å². The predicted octanol–water partition coefficient (Wildman–Crippen LogP) is 2.12. The standard InChI is InChI=1S/C10H12ClNO3/c1-7-2-3-9(8(11)6-7)14-4-5-15-10(12)13/h2-3,6H,4-5H2,1H3,(H2,12,13). The van der Waals surface area contributed by atoms with Gasteiger partial charge in [0.15, 0.2) is 0 Å². The number of hydrogen-bond donors (Lipinski definition) is 1. The topological polar surface area (TPSA) is 61.6 Å². The van der Waals surface area contributed by atoms with Crippen LogP contribution in [0, 0.1) is 6.92 Å². The molecular weight excluding hydrogens is 218 g/mol. The van der Waals surface area contributed by atoms with Crippen molar-refractivity contribution in [2.45, 2.75) is 6.92 Å². The number of halogens is 1. The predicted molar refractivity (Wildman–Crippen MR) is 57.2 cm³/mol. The van der Waals surface area contributed by atoms with E-state index in [4.69, 9.17) is 22.1 Å². The molecule has 0 bridgehead atoms. The molecular formula is C10H12ClNO3. The number of primary amides is 1. The quantitative estimate of drug-likeness (QED) is 0.805. The van der Waals surface area contributed by atoms with Crippen LogP contribution in [0.4, 0.5) is 4.79 Å². The van der Waals surface area contributed by atoms with Gasteiger partial charge in [-0.25, -0.2) is 4.79 Å². The third-order valence-corrected chi connectivity index (χ3v) is 1.97. The van der Waals surface area contributed by atoms with E-state index in [2.05, 4.69) is 4.74 Å². The van der Waals surface area contributed by atoms with Gasteiger partial charge >= 0.3 is 6.09 Å². The van der Waals surface area contributed by atoms with E-state index in [1.807, 2.05) is 13.0 Å². The van der Waals surface area contributed by atoms with Crippen LogP contribution in [0.2, 0.25) is 5.02 Å². The number of ether oxygens (including phenoxy) is 2. The molecule has 0 aliphatic carbocycles. The van der Waals surface area contributed by atoms with Crippen molar-refractivity contribution in [2.24, 2.45) is 5.73 Å². The number of aryl methyl sites for hydroxylation is 1. The maximum Gasteiger partial charge on any atom is 0.404 e. The monoisotopic (exact) mass is 229 g/mol. The Kier molecular flexibility index (Phi) is 4.24. The van der Waals surface area contributed by atoms with Crippen LogP contribution in [0.5, 0.6) is 5.75 Å². The van der Waals surface area contributed by atoms with Gasteiger partial charge in [-0.1, -0.05) is 17.7 Å². The SMILES string of the molecule is Cc1ccc(OCCOC(N)=O)c(Cl)c1. The Balaban J connectivity index is 2.40. The number of benzene rings is 1. The summed E-state index contributed by atoms with van der Waals surface area (Å²) in [4.78, 5) is 10.2. The van der Waals surface area contributed by atoms with E-state index < -0.39 is 6.09 Å². The van der Waals surface area contributed by atoms with Crippen molar-refractivity contribution in [3.8, 4) is 5.75 Å². The fraction of sp³-hybridized carbons (Fsp3) is 0.300. The number of nitrogens with two attached hydrogens (primary N) is 1. The number of carbonyl (C=O) groups excluding carboxylic acids is 1. The normalized spacial score (nSPS) is 9.73. The molecule has 0 unspecified atom stereocenters. The fourth-order valence-electron chi connectivity index (χ4n) is 1.02. The van der Waals surface area contributed by atoms with Gasteiger partial charge in [0.05, 0.1) is 5.02 Å². The molecule has 0 atom stereocenters. The fourth-order valence-corrected chi connectivity index (χ4v) is 1.31. The molecule has 5 heteroatoms. The Morgan fingerprint density at radius 3 is 2.80 bits per heavy atom. The van der Waals surface area contributed by atoms with Crippen molar-refractivity contribution in [2.75, 3.05) is 13.2 Å². The highest BCUT2D eigenvalue weighted by Gasteiger charge is 2.01. The van der Waals surface area contributed by atoms with Crippen LogP contribution in [0.15, 0.2) is 18.2 Å². The lowest BCUT2D eigenvalue weighted by molar-refractivity contribution is 0.134. The minimum Gasteiger partial charge on any atom is -0.488 e. The maximum atomic E-state index is 10.2. The second-order valence-corrected chi connectivity index (χ2v) is 3.36. The molecule has 0 aliphatic heterocycles. The van der Waals surface area contributed by atoms with E-state index in [0.29, 0.717) is 10.8 Å². The van der Waals surface area contributed by atoms with Crippen molar-refractivity contribution in [3.63, 3.8) is 0 Å². The molecule has 1 rings (SSSR count). The third kappa shape index (κ3) is 4.08. The summed E-state index contributed by atoms with van der Waals surface area (Å²) in [6.07, 6.45) is -0.811. The van der Waals surface area contributed by atoms with Crippen molar-refractivity contribution in [1.82, 2.24) is 0 Å². The van der Waals surface area contributed by atoms with Crippen molar-refractivity contribution < 1.29 is 14.3 Å². The minimum absolute atomic E-state index is 0.111. The smallest absolute Gasteiger partial charge is 0.404 e. The highest BCUT2D eigenvalue weighted by Crippen LogP contribution is 2.24. The number of rotatable bonds is 4. The summed E-state index contributed by atoms with van der Waals surface area (Å²) in [5.74, 6) is 0.565. The Morgan fingerprint density at radius 2 is 2.20 bits per heavy atom. The van der Waals surface area contributed by atoms with Gasteiger partial charge in [-0.05, 0) is 24.6 Å². The van der Waals surface area contributed by atoms with Gasteiger partial charge in [-0.3, -0.25) is 0 Å². The number of hydrogen-bond acceptors (Lipinski definition) is 3. The summed E-state index contributed by atoms with van der Waals surface area (Å²) in [5.41, 5.74) is 5.84. The Labute approximate surface area is 92.9 Å². The van der Waals surface area contributed by atoms with E-state index in [1.54, 1.807) is 12.1 Å². The lowest BCUT2D eigenvalue weighted by Crippen LogP contribution is -2.17. The van der Waals surface area contributed by atoms with E-state index in [1.165, 1.54) is 0 Å². The molecule has 0 heterocycles. The van der Waals surface area contributed by atoms with Gasteiger partial charge in [0, 0.05) is 0 Å². The maximum absolute atomic E-state index is 10.2. The van der Waals surface area contributed by atoms with Crippen LogP contribution in [0.3, 0.4) is 0 Å². The molecule has 0 aromatic heterocycles. The molecule has 2 N–H and O–H groups in total. The molecule has 1 amide bonds. The Hall–Kier alpha value is -1.42. The van der Waals surface area contributed by atoms with Crippen molar-refractivity contribution >= 4 is 17.7 Å². The Morgan fingerprint density at radius 1 is 1.47 bits per heavy atom. The van der Waals surface area contributed by atoms with Gasteiger partial charge in [0.25, 0.3) is 0 Å². The molecule has 4 nitrogen and oxygen atoms in total. The van der Waals surface area contributed by atoms with E-state index in [0.717, 1.165) is 5.56 Å². The van der Waals surface area contributed by atoms with Crippen molar-refractivity contribution in [1.29, 1.82) is 0 Å². The molecule has 1 aromatic rings. The van der Waals surface area contributed by atoms with Crippen LogP contribution in [0.25, 0.3) is 0 Å². The van der Waals surface area contributed by atoms with Gasteiger partial charge < -0.3 is 15.2 Å². The summed E-state index contributed by atoms with van der Waals surface area (Å²) >= 11 is 5.91. The molecule has 0 aliphatic rings. The average Bonchev–Trinajstić information content (AvgIpc) is 2.14. The molecule has 0 spiro atoms. The first-order valence-corrected chi connectivity index (χ1v) is 4.78. The highest BCUT2D eigenvalue weighted by molar-refractivity contribution is 6.32. The first-order valence-electron chi connectivity index (χ1n) is 4.41. The van der Waals surface area contributed by atoms with Gasteiger partial charge in [0.2, 0.25) is 0 Å². The van der Waals surface area contributed by atoms with Gasteiger partial charge in [-0.15, -0.1) is 0 Å². The zero-order valence-corrected chi connectivity index (χ0v) is 9.08. The molecule has 0 saturated heterocycles. The zero-order chi connectivity index (χ0) is 11.3. The summed E-state index contributed by atoms with van der Waals surface area (Å²) in [5, 5.41) is 0.536. The Bertz CT molecular complexity index is 355. The first kappa shape index (κ1) is 11.7. The first-order chi connectivity index (χ1) is 7.09. The van der Waals surface area contributed by atoms with E-state index in [9.17, 15) is 4.79 Å². The second kappa shape index (κ2) is 5.46. The molecule has 0 fully saturated rings. The summed E-state index contributed by atoms with van der Waals surface area (Å²) < 4.78 is 9.78. The zero-order valence-electron chi connectivity index (χ0n) is 8.33. The lowest BCUT2D eigenvalue weighted by Gasteiger charge is -2.08. The lowest BCUT2D eigenvalue weighted by atomic mass is 10.2. The van der Waals surface area contributed by atoms with Crippen LogP contribution in [0.1, 0.15) is 5.56 Å². The van der Waals surface area contributed by atoms with Crippen LogP contribution in [-0.4, -0.2) is 19.3 Å². The van der Waals surface area contributed by atoms with E-state index >= 15 is 0 Å².